The Morgan fingerprint density at radius 2 is 2.19 bits per heavy atom. The number of nitrogens with one attached hydrogen (secondary N) is 1. The summed E-state index contributed by atoms with van der Waals surface area (Å²) in [4.78, 5) is 15.7. The van der Waals surface area contributed by atoms with E-state index in [9.17, 15) is 18.0 Å². The van der Waals surface area contributed by atoms with Gasteiger partial charge in [0.25, 0.3) is 5.91 Å². The van der Waals surface area contributed by atoms with Crippen molar-refractivity contribution in [1.82, 2.24) is 15.5 Å². The molecule has 0 aliphatic rings. The molecule has 9 heteroatoms. The maximum Gasteiger partial charge on any atom is 0.573 e. The Balaban J connectivity index is 2.00. The van der Waals surface area contributed by atoms with Gasteiger partial charge in [-0.15, -0.1) is 13.2 Å². The number of halogens is 3. The largest absolute Gasteiger partial charge is 0.573 e. The Hall–Kier alpha value is -2.58. The summed E-state index contributed by atoms with van der Waals surface area (Å²) >= 11 is 0. The first-order valence-corrected chi connectivity index (χ1v) is 5.77. The van der Waals surface area contributed by atoms with Crippen molar-refractivity contribution in [3.8, 4) is 5.75 Å². The lowest BCUT2D eigenvalue weighted by Gasteiger charge is -2.09. The van der Waals surface area contributed by atoms with Crippen LogP contribution in [-0.2, 0) is 6.54 Å². The summed E-state index contributed by atoms with van der Waals surface area (Å²) in [6, 6.07) is 4.73. The van der Waals surface area contributed by atoms with Gasteiger partial charge in [-0.3, -0.25) is 4.79 Å². The molecule has 21 heavy (non-hydrogen) atoms. The number of aromatic nitrogens is 2. The van der Waals surface area contributed by atoms with Crippen LogP contribution in [-0.4, -0.2) is 22.4 Å². The molecule has 0 aliphatic carbocycles. The summed E-state index contributed by atoms with van der Waals surface area (Å²) in [7, 11) is 0. The lowest BCUT2D eigenvalue weighted by molar-refractivity contribution is -0.274. The molecular formula is C12H10F3N3O3. The van der Waals surface area contributed by atoms with Crippen LogP contribution in [0.1, 0.15) is 22.1 Å². The van der Waals surface area contributed by atoms with Crippen LogP contribution >= 0.6 is 0 Å². The van der Waals surface area contributed by atoms with E-state index < -0.39 is 18.0 Å². The van der Waals surface area contributed by atoms with E-state index in [1.54, 1.807) is 6.92 Å². The van der Waals surface area contributed by atoms with Crippen LogP contribution in [0.15, 0.2) is 28.8 Å². The highest BCUT2D eigenvalue weighted by molar-refractivity contribution is 5.94. The predicted octanol–water partition coefficient (Wildman–Crippen LogP) is 2.21. The molecule has 0 spiro atoms. The highest BCUT2D eigenvalue weighted by Crippen LogP contribution is 2.23. The van der Waals surface area contributed by atoms with Gasteiger partial charge >= 0.3 is 6.36 Å². The lowest BCUT2D eigenvalue weighted by Crippen LogP contribution is -2.23. The maximum atomic E-state index is 12.1. The summed E-state index contributed by atoms with van der Waals surface area (Å²) in [6.07, 6.45) is -4.81. The molecule has 0 saturated heterocycles. The second-order valence-corrected chi connectivity index (χ2v) is 3.99. The van der Waals surface area contributed by atoms with Gasteiger partial charge in [-0.2, -0.15) is 4.98 Å². The van der Waals surface area contributed by atoms with Crippen LogP contribution in [0.4, 0.5) is 13.2 Å². The number of aryl methyl sites for hydroxylation is 1. The minimum atomic E-state index is -4.81. The van der Waals surface area contributed by atoms with Crippen molar-refractivity contribution >= 4 is 5.91 Å². The van der Waals surface area contributed by atoms with Crippen molar-refractivity contribution in [3.05, 3.63) is 41.5 Å². The molecule has 6 nitrogen and oxygen atoms in total. The first-order chi connectivity index (χ1) is 9.83. The average molecular weight is 301 g/mol. The van der Waals surface area contributed by atoms with Gasteiger partial charge in [-0.1, -0.05) is 11.2 Å². The van der Waals surface area contributed by atoms with Crippen LogP contribution in [0.25, 0.3) is 0 Å². The highest BCUT2D eigenvalue weighted by atomic mass is 19.4. The van der Waals surface area contributed by atoms with Crippen molar-refractivity contribution in [2.45, 2.75) is 19.8 Å². The normalized spacial score (nSPS) is 11.2. The van der Waals surface area contributed by atoms with Gasteiger partial charge < -0.3 is 14.6 Å². The summed E-state index contributed by atoms with van der Waals surface area (Å²) in [5.41, 5.74) is 0.0213. The molecule has 0 unspecified atom stereocenters. The number of ether oxygens (including phenoxy) is 1. The van der Waals surface area contributed by atoms with Crippen LogP contribution in [0, 0.1) is 6.92 Å². The molecule has 1 N–H and O–H groups in total. The minimum Gasteiger partial charge on any atom is -0.406 e. The van der Waals surface area contributed by atoms with Crippen molar-refractivity contribution < 1.29 is 27.2 Å². The number of nitrogens with zero attached hydrogens (tertiary/aromatic N) is 2. The van der Waals surface area contributed by atoms with Crippen LogP contribution in [0.2, 0.25) is 0 Å². The van der Waals surface area contributed by atoms with E-state index >= 15 is 0 Å². The van der Waals surface area contributed by atoms with Crippen LogP contribution in [0.5, 0.6) is 5.75 Å². The number of benzene rings is 1. The smallest absolute Gasteiger partial charge is 0.406 e. The first-order valence-electron chi connectivity index (χ1n) is 5.77. The standard InChI is InChI=1S/C12H10F3N3O3/c1-7-17-10(21-18-7)6-16-11(19)8-3-2-4-9(5-8)20-12(13,14)15/h2-5H,6H2,1H3,(H,16,19). The Morgan fingerprint density at radius 1 is 1.43 bits per heavy atom. The van der Waals surface area contributed by atoms with E-state index in [1.807, 2.05) is 0 Å². The molecule has 0 bridgehead atoms. The molecule has 1 amide bonds. The molecule has 1 aromatic carbocycles. The fourth-order valence-corrected chi connectivity index (χ4v) is 1.50. The first kappa shape index (κ1) is 14.8. The number of carbonyl (C=O) groups is 1. The lowest BCUT2D eigenvalue weighted by atomic mass is 10.2. The van der Waals surface area contributed by atoms with Gasteiger partial charge in [0.05, 0.1) is 6.54 Å². The number of carbonyl (C=O) groups excluding carboxylic acids is 1. The minimum absolute atomic E-state index is 0.0213. The molecule has 0 atom stereocenters. The van der Waals surface area contributed by atoms with E-state index in [0.29, 0.717) is 5.82 Å². The van der Waals surface area contributed by atoms with Crippen molar-refractivity contribution in [1.29, 1.82) is 0 Å². The number of hydrogen-bond acceptors (Lipinski definition) is 5. The zero-order valence-corrected chi connectivity index (χ0v) is 10.8. The van der Waals surface area contributed by atoms with Gasteiger partial charge in [0, 0.05) is 5.56 Å². The van der Waals surface area contributed by atoms with Gasteiger partial charge in [-0.25, -0.2) is 0 Å². The van der Waals surface area contributed by atoms with Gasteiger partial charge in [-0.05, 0) is 25.1 Å². The summed E-state index contributed by atoms with van der Waals surface area (Å²) in [6.45, 7) is 1.59. The molecule has 0 radical (unpaired) electrons. The van der Waals surface area contributed by atoms with Gasteiger partial charge in [0.15, 0.2) is 5.82 Å². The fraction of sp³-hybridized carbons (Fsp3) is 0.250. The quantitative estimate of drug-likeness (QED) is 0.936. The second-order valence-electron chi connectivity index (χ2n) is 3.99. The molecule has 0 saturated carbocycles. The van der Waals surface area contributed by atoms with Crippen molar-refractivity contribution in [2.75, 3.05) is 0 Å². The molecule has 112 valence electrons. The third kappa shape index (κ3) is 4.48. The van der Waals surface area contributed by atoms with Crippen LogP contribution in [0.3, 0.4) is 0 Å². The summed E-state index contributed by atoms with van der Waals surface area (Å²) < 4.78 is 44.8. The molecular weight excluding hydrogens is 291 g/mol. The van der Waals surface area contributed by atoms with Crippen LogP contribution < -0.4 is 10.1 Å². The zero-order chi connectivity index (χ0) is 15.5. The third-order valence-corrected chi connectivity index (χ3v) is 2.30. The average Bonchev–Trinajstić information content (AvgIpc) is 2.80. The van der Waals surface area contributed by atoms with E-state index in [4.69, 9.17) is 4.52 Å². The number of rotatable bonds is 4. The Kier molecular flexibility index (Phi) is 4.10. The van der Waals surface area contributed by atoms with Crippen molar-refractivity contribution in [2.24, 2.45) is 0 Å². The SMILES string of the molecule is Cc1noc(CNC(=O)c2cccc(OC(F)(F)F)c2)n1. The molecule has 0 aliphatic heterocycles. The Bertz CT molecular complexity index is 640. The summed E-state index contributed by atoms with van der Waals surface area (Å²) in [5.74, 6) is -0.439. The van der Waals surface area contributed by atoms with Gasteiger partial charge in [0.1, 0.15) is 5.75 Å². The van der Waals surface area contributed by atoms with E-state index in [2.05, 4.69) is 20.2 Å². The molecule has 1 aromatic heterocycles. The third-order valence-electron chi connectivity index (χ3n) is 2.30. The van der Waals surface area contributed by atoms with E-state index in [1.165, 1.54) is 12.1 Å². The van der Waals surface area contributed by atoms with E-state index in [0.717, 1.165) is 12.1 Å². The molecule has 1 heterocycles. The predicted molar refractivity (Wildman–Crippen MR) is 63.3 cm³/mol. The van der Waals surface area contributed by atoms with Crippen molar-refractivity contribution in [3.63, 3.8) is 0 Å². The second kappa shape index (κ2) is 5.81. The number of hydrogen-bond donors (Lipinski definition) is 1. The molecule has 0 fully saturated rings. The Morgan fingerprint density at radius 3 is 2.81 bits per heavy atom. The Labute approximate surface area is 116 Å². The maximum absolute atomic E-state index is 12.1. The monoisotopic (exact) mass is 301 g/mol. The summed E-state index contributed by atoms with van der Waals surface area (Å²) in [5, 5.41) is 5.99. The van der Waals surface area contributed by atoms with E-state index in [-0.39, 0.29) is 18.0 Å². The van der Waals surface area contributed by atoms with Gasteiger partial charge in [0.2, 0.25) is 5.89 Å². The number of alkyl halides is 3. The molecule has 2 aromatic rings. The zero-order valence-electron chi connectivity index (χ0n) is 10.8. The molecule has 2 rings (SSSR count). The number of amides is 1. The highest BCUT2D eigenvalue weighted by Gasteiger charge is 2.31. The fourth-order valence-electron chi connectivity index (χ4n) is 1.50. The topological polar surface area (TPSA) is 77.2 Å².